The summed E-state index contributed by atoms with van der Waals surface area (Å²) in [5.41, 5.74) is 0.615. The lowest BCUT2D eigenvalue weighted by Gasteiger charge is -2.16. The van der Waals surface area contributed by atoms with Gasteiger partial charge in [0, 0.05) is 7.05 Å². The van der Waals surface area contributed by atoms with Crippen LogP contribution < -0.4 is 0 Å². The van der Waals surface area contributed by atoms with Gasteiger partial charge in [-0.05, 0) is 31.5 Å². The Balaban J connectivity index is 3.03. The molecule has 0 aromatic heterocycles. The first kappa shape index (κ1) is 15.6. The predicted octanol–water partition coefficient (Wildman–Crippen LogP) is 1.32. The SMILES string of the molecule is CCOC(=O)CN(C)S(=O)(=O)c1cc(C)ccc1F. The highest BCUT2D eigenvalue weighted by atomic mass is 32.2. The van der Waals surface area contributed by atoms with Crippen LogP contribution in [0.25, 0.3) is 0 Å². The van der Waals surface area contributed by atoms with Crippen molar-refractivity contribution >= 4 is 16.0 Å². The second-order valence-electron chi connectivity index (χ2n) is 4.00. The van der Waals surface area contributed by atoms with E-state index >= 15 is 0 Å². The fourth-order valence-electron chi connectivity index (χ4n) is 1.45. The van der Waals surface area contributed by atoms with E-state index in [0.717, 1.165) is 10.4 Å². The number of hydrogen-bond acceptors (Lipinski definition) is 4. The Bertz CT molecular complexity index is 571. The van der Waals surface area contributed by atoms with Crippen molar-refractivity contribution in [1.82, 2.24) is 4.31 Å². The Kier molecular flexibility index (Phi) is 5.02. The Morgan fingerprint density at radius 3 is 2.63 bits per heavy atom. The number of sulfonamides is 1. The molecule has 0 fully saturated rings. The van der Waals surface area contributed by atoms with Gasteiger partial charge < -0.3 is 4.74 Å². The van der Waals surface area contributed by atoms with Crippen LogP contribution in [0.5, 0.6) is 0 Å². The molecule has 1 aromatic carbocycles. The van der Waals surface area contributed by atoms with Gasteiger partial charge in [0.15, 0.2) is 0 Å². The minimum absolute atomic E-state index is 0.158. The van der Waals surface area contributed by atoms with Crippen molar-refractivity contribution < 1.29 is 22.3 Å². The molecule has 0 amide bonds. The number of ether oxygens (including phenoxy) is 1. The molecule has 0 saturated heterocycles. The van der Waals surface area contributed by atoms with Gasteiger partial charge in [0.05, 0.1) is 6.61 Å². The molecule has 0 N–H and O–H groups in total. The summed E-state index contributed by atoms with van der Waals surface area (Å²) in [5.74, 6) is -1.53. The van der Waals surface area contributed by atoms with E-state index in [1.807, 2.05) is 0 Å². The summed E-state index contributed by atoms with van der Waals surface area (Å²) in [4.78, 5) is 10.8. The normalized spacial score (nSPS) is 11.6. The summed E-state index contributed by atoms with van der Waals surface area (Å²) < 4.78 is 43.3. The van der Waals surface area contributed by atoms with Crippen LogP contribution in [0.3, 0.4) is 0 Å². The first-order valence-corrected chi connectivity index (χ1v) is 7.11. The van der Waals surface area contributed by atoms with Crippen LogP contribution in [0, 0.1) is 12.7 Å². The van der Waals surface area contributed by atoms with Crippen molar-refractivity contribution in [2.75, 3.05) is 20.2 Å². The van der Waals surface area contributed by atoms with E-state index in [2.05, 4.69) is 4.74 Å². The van der Waals surface area contributed by atoms with Crippen LogP contribution in [-0.2, 0) is 19.6 Å². The average Bonchev–Trinajstić information content (AvgIpc) is 2.32. The quantitative estimate of drug-likeness (QED) is 0.767. The number of halogens is 1. The standard InChI is InChI=1S/C12H16FNO4S/c1-4-18-12(15)8-14(3)19(16,17)11-7-9(2)5-6-10(11)13/h5-7H,4,8H2,1-3H3. The summed E-state index contributed by atoms with van der Waals surface area (Å²) in [6.45, 7) is 2.98. The zero-order valence-electron chi connectivity index (χ0n) is 11.0. The highest BCUT2D eigenvalue weighted by Gasteiger charge is 2.26. The molecule has 0 unspecified atom stereocenters. The Hall–Kier alpha value is -1.47. The highest BCUT2D eigenvalue weighted by molar-refractivity contribution is 7.89. The van der Waals surface area contributed by atoms with Crippen LogP contribution >= 0.6 is 0 Å². The lowest BCUT2D eigenvalue weighted by molar-refractivity contribution is -0.143. The fraction of sp³-hybridized carbons (Fsp3) is 0.417. The number of aryl methyl sites for hydroxylation is 1. The molecule has 0 aliphatic carbocycles. The van der Waals surface area contributed by atoms with Gasteiger partial charge in [-0.25, -0.2) is 12.8 Å². The van der Waals surface area contributed by atoms with Crippen molar-refractivity contribution in [1.29, 1.82) is 0 Å². The molecule has 0 heterocycles. The lowest BCUT2D eigenvalue weighted by Crippen LogP contribution is -2.33. The number of carbonyl (C=O) groups excluding carboxylic acids is 1. The van der Waals surface area contributed by atoms with E-state index in [1.54, 1.807) is 13.8 Å². The zero-order valence-corrected chi connectivity index (χ0v) is 11.8. The van der Waals surface area contributed by atoms with Gasteiger partial charge in [-0.15, -0.1) is 0 Å². The van der Waals surface area contributed by atoms with Crippen molar-refractivity contribution in [2.45, 2.75) is 18.7 Å². The molecular weight excluding hydrogens is 273 g/mol. The van der Waals surface area contributed by atoms with Crippen LogP contribution in [0.1, 0.15) is 12.5 Å². The second-order valence-corrected chi connectivity index (χ2v) is 6.01. The van der Waals surface area contributed by atoms with Crippen molar-refractivity contribution in [3.63, 3.8) is 0 Å². The molecule has 7 heteroatoms. The molecule has 0 radical (unpaired) electrons. The van der Waals surface area contributed by atoms with E-state index in [1.165, 1.54) is 19.2 Å². The van der Waals surface area contributed by atoms with Crippen LogP contribution in [0.4, 0.5) is 4.39 Å². The predicted molar refractivity (Wildman–Crippen MR) is 67.6 cm³/mol. The number of rotatable bonds is 5. The minimum atomic E-state index is -4.05. The lowest BCUT2D eigenvalue weighted by atomic mass is 10.2. The van der Waals surface area contributed by atoms with Crippen LogP contribution in [-0.4, -0.2) is 38.9 Å². The molecular formula is C12H16FNO4S. The zero-order chi connectivity index (χ0) is 14.6. The second kappa shape index (κ2) is 6.12. The molecule has 19 heavy (non-hydrogen) atoms. The van der Waals surface area contributed by atoms with E-state index in [0.29, 0.717) is 5.56 Å². The molecule has 1 rings (SSSR count). The van der Waals surface area contributed by atoms with E-state index < -0.39 is 33.3 Å². The van der Waals surface area contributed by atoms with E-state index in [9.17, 15) is 17.6 Å². The summed E-state index contributed by atoms with van der Waals surface area (Å²) in [6.07, 6.45) is 0. The first-order chi connectivity index (χ1) is 8.78. The molecule has 0 saturated carbocycles. The molecule has 0 spiro atoms. The number of likely N-dealkylation sites (N-methyl/N-ethyl adjacent to an activating group) is 1. The third kappa shape index (κ3) is 3.74. The summed E-state index contributed by atoms with van der Waals surface area (Å²) >= 11 is 0. The van der Waals surface area contributed by atoms with Gasteiger partial charge >= 0.3 is 5.97 Å². The van der Waals surface area contributed by atoms with Crippen LogP contribution in [0.2, 0.25) is 0 Å². The third-order valence-corrected chi connectivity index (χ3v) is 4.25. The van der Waals surface area contributed by atoms with E-state index in [4.69, 9.17) is 0 Å². The van der Waals surface area contributed by atoms with Gasteiger partial charge in [0.1, 0.15) is 17.3 Å². The average molecular weight is 289 g/mol. The van der Waals surface area contributed by atoms with Gasteiger partial charge in [0.25, 0.3) is 0 Å². The van der Waals surface area contributed by atoms with E-state index in [-0.39, 0.29) is 6.61 Å². The molecule has 0 atom stereocenters. The monoisotopic (exact) mass is 289 g/mol. The molecule has 0 aliphatic rings. The molecule has 0 bridgehead atoms. The maximum Gasteiger partial charge on any atom is 0.321 e. The summed E-state index contributed by atoms with van der Waals surface area (Å²) in [5, 5.41) is 0. The molecule has 0 aliphatic heterocycles. The Morgan fingerprint density at radius 1 is 1.42 bits per heavy atom. The van der Waals surface area contributed by atoms with Crippen molar-refractivity contribution in [3.8, 4) is 0 Å². The Morgan fingerprint density at radius 2 is 2.05 bits per heavy atom. The maximum absolute atomic E-state index is 13.6. The van der Waals surface area contributed by atoms with Crippen molar-refractivity contribution in [3.05, 3.63) is 29.6 Å². The summed E-state index contributed by atoms with van der Waals surface area (Å²) in [7, 11) is -2.85. The number of hydrogen-bond donors (Lipinski definition) is 0. The van der Waals surface area contributed by atoms with Gasteiger partial charge in [-0.3, -0.25) is 4.79 Å². The van der Waals surface area contributed by atoms with Gasteiger partial charge in [0.2, 0.25) is 10.0 Å². The maximum atomic E-state index is 13.6. The van der Waals surface area contributed by atoms with Gasteiger partial charge in [-0.2, -0.15) is 4.31 Å². The minimum Gasteiger partial charge on any atom is -0.465 e. The number of benzene rings is 1. The smallest absolute Gasteiger partial charge is 0.321 e. The first-order valence-electron chi connectivity index (χ1n) is 5.67. The number of esters is 1. The fourth-order valence-corrected chi connectivity index (χ4v) is 2.71. The van der Waals surface area contributed by atoms with Gasteiger partial charge in [-0.1, -0.05) is 6.07 Å². The largest absolute Gasteiger partial charge is 0.465 e. The summed E-state index contributed by atoms with van der Waals surface area (Å²) in [6, 6.07) is 3.78. The van der Waals surface area contributed by atoms with Crippen molar-refractivity contribution in [2.24, 2.45) is 0 Å². The topological polar surface area (TPSA) is 63.7 Å². The van der Waals surface area contributed by atoms with Crippen LogP contribution in [0.15, 0.2) is 23.1 Å². The number of carbonyl (C=O) groups is 1. The number of nitrogens with zero attached hydrogens (tertiary/aromatic N) is 1. The highest BCUT2D eigenvalue weighted by Crippen LogP contribution is 2.19. The molecule has 106 valence electrons. The molecule has 5 nitrogen and oxygen atoms in total. The molecule has 1 aromatic rings. The Labute approximate surface area is 112 Å². The third-order valence-electron chi connectivity index (χ3n) is 2.43.